The van der Waals surface area contributed by atoms with Crippen LogP contribution < -0.4 is 10.2 Å². The molecule has 2 amide bonds. The van der Waals surface area contributed by atoms with Gasteiger partial charge in [0, 0.05) is 24.9 Å². The fourth-order valence-electron chi connectivity index (χ4n) is 2.35. The molecule has 6 nitrogen and oxygen atoms in total. The van der Waals surface area contributed by atoms with E-state index < -0.39 is 0 Å². The first-order valence-electron chi connectivity index (χ1n) is 6.94. The van der Waals surface area contributed by atoms with Crippen molar-refractivity contribution in [1.82, 2.24) is 15.2 Å². The Morgan fingerprint density at radius 3 is 2.55 bits per heavy atom. The summed E-state index contributed by atoms with van der Waals surface area (Å²) in [7, 11) is 0. The van der Waals surface area contributed by atoms with Gasteiger partial charge in [-0.25, -0.2) is 0 Å². The molecule has 0 unspecified atom stereocenters. The predicted octanol–water partition coefficient (Wildman–Crippen LogP) is -1.44. The number of rotatable bonds is 4. The Morgan fingerprint density at radius 2 is 1.95 bits per heavy atom. The van der Waals surface area contributed by atoms with Gasteiger partial charge in [-0.05, 0) is 12.1 Å². The molecule has 2 rings (SSSR count). The largest absolute Gasteiger partial charge is 0.346 e. The number of quaternary nitrogens is 1. The number of nitrogens with one attached hydrogen (secondary N) is 2. The molecule has 6 heteroatoms. The second-order valence-electron chi connectivity index (χ2n) is 5.00. The number of aromatic nitrogens is 1. The smallest absolute Gasteiger partial charge is 0.251 e. The third kappa shape index (κ3) is 4.03. The molecule has 2 N–H and O–H groups in total. The summed E-state index contributed by atoms with van der Waals surface area (Å²) in [4.78, 5) is 30.2. The Balaban J connectivity index is 1.67. The van der Waals surface area contributed by atoms with Gasteiger partial charge in [-0.1, -0.05) is 0 Å². The fourth-order valence-corrected chi connectivity index (χ4v) is 2.35. The van der Waals surface area contributed by atoms with Crippen LogP contribution >= 0.6 is 0 Å². The van der Waals surface area contributed by atoms with Crippen molar-refractivity contribution in [3.05, 3.63) is 30.1 Å². The van der Waals surface area contributed by atoms with Gasteiger partial charge in [0.15, 0.2) is 0 Å². The number of pyridine rings is 1. The second-order valence-corrected chi connectivity index (χ2v) is 5.00. The first-order valence-corrected chi connectivity index (χ1v) is 6.94. The standard InChI is InChI=1S/C14H20N4O2/c1-12(19)18-10-8-17(9-11-18)7-6-16-14(20)13-2-4-15-5-3-13/h2-5H,6-11H2,1H3,(H,16,20)/p+1. The summed E-state index contributed by atoms with van der Waals surface area (Å²) in [6.45, 7) is 6.67. The molecule has 1 aliphatic heterocycles. The predicted molar refractivity (Wildman–Crippen MR) is 74.4 cm³/mol. The Morgan fingerprint density at radius 1 is 1.30 bits per heavy atom. The Kier molecular flexibility index (Phi) is 5.06. The molecule has 108 valence electrons. The summed E-state index contributed by atoms with van der Waals surface area (Å²) < 4.78 is 0. The van der Waals surface area contributed by atoms with Crippen LogP contribution in [0.1, 0.15) is 17.3 Å². The first kappa shape index (κ1) is 14.5. The quantitative estimate of drug-likeness (QED) is 0.708. The number of nitrogens with zero attached hydrogens (tertiary/aromatic N) is 2. The van der Waals surface area contributed by atoms with Gasteiger partial charge in [0.1, 0.15) is 0 Å². The second kappa shape index (κ2) is 7.00. The van der Waals surface area contributed by atoms with Crippen molar-refractivity contribution in [2.45, 2.75) is 6.92 Å². The van der Waals surface area contributed by atoms with E-state index in [1.165, 1.54) is 4.90 Å². The average Bonchev–Trinajstić information content (AvgIpc) is 2.48. The Labute approximate surface area is 118 Å². The molecule has 0 aromatic carbocycles. The maximum atomic E-state index is 11.8. The molecule has 1 fully saturated rings. The van der Waals surface area contributed by atoms with Crippen molar-refractivity contribution in [3.63, 3.8) is 0 Å². The molecule has 20 heavy (non-hydrogen) atoms. The van der Waals surface area contributed by atoms with Crippen LogP contribution in [0.5, 0.6) is 0 Å². The fraction of sp³-hybridized carbons (Fsp3) is 0.500. The molecule has 1 aliphatic rings. The normalized spacial score (nSPS) is 15.9. The van der Waals surface area contributed by atoms with Crippen molar-refractivity contribution in [2.75, 3.05) is 39.3 Å². The van der Waals surface area contributed by atoms with Crippen LogP contribution in [-0.2, 0) is 4.79 Å². The van der Waals surface area contributed by atoms with Crippen LogP contribution in [0.4, 0.5) is 0 Å². The highest BCUT2D eigenvalue weighted by atomic mass is 16.2. The van der Waals surface area contributed by atoms with E-state index >= 15 is 0 Å². The van der Waals surface area contributed by atoms with Crippen LogP contribution in [0.25, 0.3) is 0 Å². The number of carbonyl (C=O) groups is 2. The summed E-state index contributed by atoms with van der Waals surface area (Å²) in [5, 5.41) is 2.91. The molecule has 0 saturated carbocycles. The maximum Gasteiger partial charge on any atom is 0.251 e. The lowest BCUT2D eigenvalue weighted by molar-refractivity contribution is -0.902. The molecular weight excluding hydrogens is 256 g/mol. The molecule has 0 atom stereocenters. The third-order valence-corrected chi connectivity index (χ3v) is 3.62. The molecule has 0 spiro atoms. The minimum atomic E-state index is -0.0610. The molecule has 0 bridgehead atoms. The van der Waals surface area contributed by atoms with Gasteiger partial charge in [0.05, 0.1) is 39.3 Å². The van der Waals surface area contributed by atoms with Gasteiger partial charge in [-0.2, -0.15) is 0 Å². The van der Waals surface area contributed by atoms with Gasteiger partial charge in [-0.3, -0.25) is 14.6 Å². The lowest BCUT2D eigenvalue weighted by Gasteiger charge is -2.31. The lowest BCUT2D eigenvalue weighted by Crippen LogP contribution is -3.15. The van der Waals surface area contributed by atoms with Crippen LogP contribution in [-0.4, -0.2) is 61.0 Å². The van der Waals surface area contributed by atoms with E-state index in [1.54, 1.807) is 31.5 Å². The van der Waals surface area contributed by atoms with E-state index in [-0.39, 0.29) is 11.8 Å². The van der Waals surface area contributed by atoms with E-state index in [2.05, 4.69) is 10.3 Å². The van der Waals surface area contributed by atoms with E-state index in [1.807, 2.05) is 4.90 Å². The van der Waals surface area contributed by atoms with Crippen LogP contribution in [0.3, 0.4) is 0 Å². The molecule has 1 saturated heterocycles. The summed E-state index contributed by atoms with van der Waals surface area (Å²) in [5.41, 5.74) is 0.636. The van der Waals surface area contributed by atoms with Gasteiger partial charge in [0.2, 0.25) is 5.91 Å². The highest BCUT2D eigenvalue weighted by Gasteiger charge is 2.20. The maximum absolute atomic E-state index is 11.8. The lowest BCUT2D eigenvalue weighted by atomic mass is 10.2. The van der Waals surface area contributed by atoms with Crippen molar-refractivity contribution in [1.29, 1.82) is 0 Å². The van der Waals surface area contributed by atoms with Crippen LogP contribution in [0.15, 0.2) is 24.5 Å². The van der Waals surface area contributed by atoms with Gasteiger partial charge < -0.3 is 15.1 Å². The Bertz CT molecular complexity index is 456. The number of hydrogen-bond acceptors (Lipinski definition) is 3. The van der Waals surface area contributed by atoms with E-state index in [0.29, 0.717) is 12.1 Å². The summed E-state index contributed by atoms with van der Waals surface area (Å²) in [5.74, 6) is 0.0872. The summed E-state index contributed by atoms with van der Waals surface area (Å²) in [6.07, 6.45) is 3.22. The zero-order chi connectivity index (χ0) is 14.4. The van der Waals surface area contributed by atoms with Crippen molar-refractivity contribution < 1.29 is 14.5 Å². The van der Waals surface area contributed by atoms with Crippen molar-refractivity contribution in [2.24, 2.45) is 0 Å². The molecule has 0 radical (unpaired) electrons. The SMILES string of the molecule is CC(=O)N1CC[NH+](CCNC(=O)c2ccncc2)CC1. The Hall–Kier alpha value is -1.95. The number of amides is 2. The van der Waals surface area contributed by atoms with E-state index in [0.717, 1.165) is 32.7 Å². The minimum Gasteiger partial charge on any atom is -0.346 e. The van der Waals surface area contributed by atoms with Crippen molar-refractivity contribution in [3.8, 4) is 0 Å². The topological polar surface area (TPSA) is 66.7 Å². The van der Waals surface area contributed by atoms with E-state index in [9.17, 15) is 9.59 Å². The van der Waals surface area contributed by atoms with Gasteiger partial charge in [0.25, 0.3) is 5.91 Å². The third-order valence-electron chi connectivity index (χ3n) is 3.62. The first-order chi connectivity index (χ1) is 9.66. The van der Waals surface area contributed by atoms with Gasteiger partial charge >= 0.3 is 0 Å². The van der Waals surface area contributed by atoms with Crippen LogP contribution in [0.2, 0.25) is 0 Å². The van der Waals surface area contributed by atoms with Crippen molar-refractivity contribution >= 4 is 11.8 Å². The summed E-state index contributed by atoms with van der Waals surface area (Å²) in [6, 6.07) is 3.40. The van der Waals surface area contributed by atoms with E-state index in [4.69, 9.17) is 0 Å². The highest BCUT2D eigenvalue weighted by molar-refractivity contribution is 5.93. The molecule has 1 aromatic heterocycles. The molecule has 2 heterocycles. The number of carbonyl (C=O) groups excluding carboxylic acids is 2. The average molecular weight is 277 g/mol. The highest BCUT2D eigenvalue weighted by Crippen LogP contribution is 1.94. The zero-order valence-electron chi connectivity index (χ0n) is 11.8. The zero-order valence-corrected chi connectivity index (χ0v) is 11.8. The molecular formula is C14H21N4O2+. The van der Waals surface area contributed by atoms with Gasteiger partial charge in [-0.15, -0.1) is 0 Å². The number of piperazine rings is 1. The summed E-state index contributed by atoms with van der Waals surface area (Å²) >= 11 is 0. The number of hydrogen-bond donors (Lipinski definition) is 2. The monoisotopic (exact) mass is 277 g/mol. The van der Waals surface area contributed by atoms with Crippen LogP contribution in [0, 0.1) is 0 Å². The molecule has 0 aliphatic carbocycles. The minimum absolute atomic E-state index is 0.0610. The molecule has 1 aromatic rings.